The molecule has 1 atom stereocenters. The highest BCUT2D eigenvalue weighted by Gasteiger charge is 2.35. The van der Waals surface area contributed by atoms with Gasteiger partial charge in [-0.05, 0) is 87.2 Å². The maximum absolute atomic E-state index is 14.3. The third-order valence-corrected chi connectivity index (χ3v) is 9.30. The Labute approximate surface area is 269 Å². The molecule has 0 saturated heterocycles. The Kier molecular flexibility index (Phi) is 8.43. The number of benzene rings is 2. The van der Waals surface area contributed by atoms with E-state index in [-0.39, 0.29) is 19.0 Å². The summed E-state index contributed by atoms with van der Waals surface area (Å²) in [7, 11) is 1.37. The first-order chi connectivity index (χ1) is 22.2. The van der Waals surface area contributed by atoms with Crippen LogP contribution in [0.5, 0.6) is 11.5 Å². The third kappa shape index (κ3) is 5.24. The molecule has 10 nitrogen and oxygen atoms in total. The molecule has 0 bridgehead atoms. The van der Waals surface area contributed by atoms with Crippen LogP contribution in [-0.4, -0.2) is 41.6 Å². The van der Waals surface area contributed by atoms with E-state index in [9.17, 15) is 14.4 Å². The predicted octanol–water partition coefficient (Wildman–Crippen LogP) is 4.81. The maximum Gasteiger partial charge on any atom is 0.338 e. The van der Waals surface area contributed by atoms with Crippen LogP contribution in [0.2, 0.25) is 0 Å². The van der Waals surface area contributed by atoms with Gasteiger partial charge in [0.15, 0.2) is 16.3 Å². The Bertz CT molecular complexity index is 2100. The maximum atomic E-state index is 14.3. The number of hydrogen-bond acceptors (Lipinski definition) is 9. The SMILES string of the molecule is CCCC1=C(C(=O)OCC)[C@@H](c2ccc3c(c2)OCO3)n2c(s/c(=C/c3cc(C)n(-c4cccc(C(=O)OC)c4C)c3C)c2=O)=N1. The molecule has 0 radical (unpaired) electrons. The number of allylic oxidation sites excluding steroid dienone is 1. The largest absolute Gasteiger partial charge is 0.465 e. The van der Waals surface area contributed by atoms with Crippen LogP contribution >= 0.6 is 11.3 Å². The van der Waals surface area contributed by atoms with Gasteiger partial charge in [0, 0.05) is 17.1 Å². The van der Waals surface area contributed by atoms with Crippen LogP contribution in [0.1, 0.15) is 71.2 Å². The van der Waals surface area contributed by atoms with Gasteiger partial charge in [0.05, 0.1) is 41.1 Å². The van der Waals surface area contributed by atoms with Crippen molar-refractivity contribution in [3.63, 3.8) is 0 Å². The first kappa shape index (κ1) is 31.1. The van der Waals surface area contributed by atoms with E-state index in [4.69, 9.17) is 23.9 Å². The Hall–Kier alpha value is -4.90. The lowest BCUT2D eigenvalue weighted by atomic mass is 9.94. The summed E-state index contributed by atoms with van der Waals surface area (Å²) in [5.41, 5.74) is 6.21. The molecule has 0 aliphatic carbocycles. The molecule has 2 aromatic carbocycles. The second kappa shape index (κ2) is 12.5. The van der Waals surface area contributed by atoms with E-state index in [1.54, 1.807) is 23.6 Å². The summed E-state index contributed by atoms with van der Waals surface area (Å²) >= 11 is 1.29. The van der Waals surface area contributed by atoms with Crippen molar-refractivity contribution < 1.29 is 28.5 Å². The number of aromatic nitrogens is 2. The lowest BCUT2D eigenvalue weighted by Crippen LogP contribution is -2.40. The second-order valence-electron chi connectivity index (χ2n) is 11.1. The quantitative estimate of drug-likeness (QED) is 0.254. The van der Waals surface area contributed by atoms with E-state index >= 15 is 0 Å². The molecule has 0 fully saturated rings. The monoisotopic (exact) mass is 641 g/mol. The van der Waals surface area contributed by atoms with Crippen LogP contribution in [0, 0.1) is 20.8 Å². The fourth-order valence-corrected chi connectivity index (χ4v) is 7.17. The second-order valence-corrected chi connectivity index (χ2v) is 12.1. The molecule has 2 aromatic heterocycles. The van der Waals surface area contributed by atoms with Gasteiger partial charge in [-0.25, -0.2) is 14.6 Å². The summed E-state index contributed by atoms with van der Waals surface area (Å²) in [6, 6.07) is 12.2. The van der Waals surface area contributed by atoms with Gasteiger partial charge in [-0.1, -0.05) is 36.8 Å². The predicted molar refractivity (Wildman–Crippen MR) is 174 cm³/mol. The van der Waals surface area contributed by atoms with E-state index in [0.29, 0.717) is 49.7 Å². The Morgan fingerprint density at radius 3 is 2.59 bits per heavy atom. The van der Waals surface area contributed by atoms with Gasteiger partial charge in [-0.2, -0.15) is 0 Å². The van der Waals surface area contributed by atoms with E-state index in [0.717, 1.165) is 34.6 Å². The Morgan fingerprint density at radius 1 is 1.07 bits per heavy atom. The van der Waals surface area contributed by atoms with E-state index in [2.05, 4.69) is 4.57 Å². The van der Waals surface area contributed by atoms with Crippen LogP contribution in [0.3, 0.4) is 0 Å². The van der Waals surface area contributed by atoms with Crippen LogP contribution in [0.25, 0.3) is 11.8 Å². The summed E-state index contributed by atoms with van der Waals surface area (Å²) in [5, 5.41) is 0. The van der Waals surface area contributed by atoms with Crippen LogP contribution in [-0.2, 0) is 14.3 Å². The number of methoxy groups -OCH3 is 1. The van der Waals surface area contributed by atoms with Gasteiger partial charge < -0.3 is 23.5 Å². The molecule has 4 heterocycles. The minimum absolute atomic E-state index is 0.105. The molecule has 4 aromatic rings. The third-order valence-electron chi connectivity index (χ3n) is 8.31. The highest BCUT2D eigenvalue weighted by atomic mass is 32.1. The molecule has 2 aliphatic rings. The minimum atomic E-state index is -0.760. The van der Waals surface area contributed by atoms with Crippen molar-refractivity contribution >= 4 is 29.4 Å². The molecule has 238 valence electrons. The highest BCUT2D eigenvalue weighted by molar-refractivity contribution is 7.07. The summed E-state index contributed by atoms with van der Waals surface area (Å²) in [6.45, 7) is 9.93. The summed E-state index contributed by atoms with van der Waals surface area (Å²) < 4.78 is 25.8. The first-order valence-corrected chi connectivity index (χ1v) is 16.0. The zero-order valence-electron chi connectivity index (χ0n) is 26.6. The molecule has 2 aliphatic heterocycles. The van der Waals surface area contributed by atoms with Gasteiger partial charge in [0.25, 0.3) is 5.56 Å². The zero-order valence-corrected chi connectivity index (χ0v) is 27.4. The standard InChI is InChI=1S/C35H35N3O7S/c1-7-10-25-30(34(41)43-8-2)31(22-13-14-27-28(16-22)45-18-44-27)38-32(39)29(46-35(38)36-25)17-23-15-19(3)37(21(23)5)26-12-9-11-24(20(26)4)33(40)42-6/h9,11-17,31H,7-8,10,18H2,1-6H3/b29-17+/t31-/m1/s1. The molecule has 11 heteroatoms. The number of hydrogen-bond donors (Lipinski definition) is 0. The van der Waals surface area contributed by atoms with Gasteiger partial charge in [-0.3, -0.25) is 9.36 Å². The van der Waals surface area contributed by atoms with Crippen molar-refractivity contribution in [3.8, 4) is 17.2 Å². The number of carbonyl (C=O) groups is 2. The first-order valence-electron chi connectivity index (χ1n) is 15.2. The van der Waals surface area contributed by atoms with Crippen molar-refractivity contribution in [1.82, 2.24) is 9.13 Å². The molecule has 0 spiro atoms. The number of rotatable bonds is 8. The van der Waals surface area contributed by atoms with Crippen LogP contribution < -0.4 is 24.4 Å². The Balaban J connectivity index is 1.53. The van der Waals surface area contributed by atoms with E-state index in [1.807, 2.05) is 64.1 Å². The Morgan fingerprint density at radius 2 is 1.85 bits per heavy atom. The number of carbonyl (C=O) groups excluding carboxylic acids is 2. The van der Waals surface area contributed by atoms with Gasteiger partial charge in [-0.15, -0.1) is 0 Å². The van der Waals surface area contributed by atoms with Crippen molar-refractivity contribution in [3.05, 3.63) is 107 Å². The average Bonchev–Trinajstić information content (AvgIpc) is 3.71. The lowest BCUT2D eigenvalue weighted by molar-refractivity contribution is -0.139. The summed E-state index contributed by atoms with van der Waals surface area (Å²) in [5.74, 6) is 0.259. The number of ether oxygens (including phenoxy) is 4. The lowest BCUT2D eigenvalue weighted by Gasteiger charge is -2.25. The van der Waals surface area contributed by atoms with Crippen LogP contribution in [0.4, 0.5) is 0 Å². The average molecular weight is 642 g/mol. The fourth-order valence-electron chi connectivity index (χ4n) is 6.16. The molecule has 0 N–H and O–H groups in total. The molecule has 46 heavy (non-hydrogen) atoms. The van der Waals surface area contributed by atoms with Crippen molar-refractivity contribution in [2.45, 2.75) is 53.5 Å². The van der Waals surface area contributed by atoms with Crippen molar-refractivity contribution in [2.75, 3.05) is 20.5 Å². The number of fused-ring (bicyclic) bond motifs is 2. The molecular weight excluding hydrogens is 606 g/mol. The molecule has 0 saturated carbocycles. The van der Waals surface area contributed by atoms with Gasteiger partial charge >= 0.3 is 11.9 Å². The summed E-state index contributed by atoms with van der Waals surface area (Å²) in [6.07, 6.45) is 3.17. The highest BCUT2D eigenvalue weighted by Crippen LogP contribution is 2.39. The van der Waals surface area contributed by atoms with Crippen molar-refractivity contribution in [2.24, 2.45) is 4.99 Å². The number of nitrogens with zero attached hydrogens (tertiary/aromatic N) is 3. The van der Waals surface area contributed by atoms with E-state index in [1.165, 1.54) is 18.4 Å². The van der Waals surface area contributed by atoms with E-state index < -0.39 is 18.0 Å². The number of thiazole rings is 1. The minimum Gasteiger partial charge on any atom is -0.465 e. The normalized spacial score (nSPS) is 15.5. The van der Waals surface area contributed by atoms with Gasteiger partial charge in [0.2, 0.25) is 6.79 Å². The zero-order chi connectivity index (χ0) is 32.7. The molecular formula is C35H35N3O7S. The van der Waals surface area contributed by atoms with Crippen LogP contribution in [0.15, 0.2) is 63.5 Å². The number of esters is 2. The van der Waals surface area contributed by atoms with Gasteiger partial charge in [0.1, 0.15) is 0 Å². The number of aryl methyl sites for hydroxylation is 1. The molecule has 0 unspecified atom stereocenters. The van der Waals surface area contributed by atoms with Crippen molar-refractivity contribution in [1.29, 1.82) is 0 Å². The topological polar surface area (TPSA) is 110 Å². The fraction of sp³-hybridized carbons (Fsp3) is 0.314. The molecule has 6 rings (SSSR count). The molecule has 0 amide bonds. The smallest absolute Gasteiger partial charge is 0.338 e. The summed E-state index contributed by atoms with van der Waals surface area (Å²) in [4.78, 5) is 45.6.